The summed E-state index contributed by atoms with van der Waals surface area (Å²) in [4.78, 5) is 14.4. The average molecular weight is 348 g/mol. The molecule has 1 N–H and O–H groups in total. The van der Waals surface area contributed by atoms with Gasteiger partial charge in [0.2, 0.25) is 0 Å². The van der Waals surface area contributed by atoms with Crippen molar-refractivity contribution in [2.75, 3.05) is 20.1 Å². The Morgan fingerprint density at radius 2 is 2.16 bits per heavy atom. The zero-order valence-electron chi connectivity index (χ0n) is 11.3. The Bertz CT molecular complexity index is 433. The number of nitrogens with one attached hydrogen (secondary N) is 1. The van der Waals surface area contributed by atoms with Crippen LogP contribution in [-0.4, -0.2) is 37.0 Å². The van der Waals surface area contributed by atoms with Crippen molar-refractivity contribution in [3.05, 3.63) is 33.8 Å². The molecule has 0 spiro atoms. The smallest absolute Gasteiger partial charge is 0.253 e. The summed E-state index contributed by atoms with van der Waals surface area (Å²) in [5.74, 6) is 0.138. The number of benzene rings is 1. The summed E-state index contributed by atoms with van der Waals surface area (Å²) in [5, 5.41) is 3.26. The van der Waals surface area contributed by atoms with Crippen LogP contribution >= 0.6 is 28.3 Å². The zero-order chi connectivity index (χ0) is 13.1. The highest BCUT2D eigenvalue weighted by Gasteiger charge is 2.23. The second kappa shape index (κ2) is 7.27. The maximum absolute atomic E-state index is 12.4. The largest absolute Gasteiger partial charge is 0.337 e. The third-order valence-electron chi connectivity index (χ3n) is 3.41. The number of halogens is 2. The summed E-state index contributed by atoms with van der Waals surface area (Å²) in [5.41, 5.74) is 1.88. The lowest BCUT2D eigenvalue weighted by atomic mass is 10.0. The maximum atomic E-state index is 12.4. The van der Waals surface area contributed by atoms with Crippen molar-refractivity contribution in [2.24, 2.45) is 0 Å². The molecule has 1 heterocycles. The Kier molecular flexibility index (Phi) is 6.30. The topological polar surface area (TPSA) is 32.3 Å². The van der Waals surface area contributed by atoms with Gasteiger partial charge < -0.3 is 10.2 Å². The number of likely N-dealkylation sites (N-methyl/N-ethyl adjacent to an activating group) is 1. The molecule has 0 aliphatic carbocycles. The van der Waals surface area contributed by atoms with E-state index in [0.29, 0.717) is 6.04 Å². The highest BCUT2D eigenvalue weighted by Crippen LogP contribution is 2.19. The Labute approximate surface area is 129 Å². The SMILES string of the molecule is CNC1CCCN(C(=O)c2cc(C)cc(Br)c2)C1.Cl. The van der Waals surface area contributed by atoms with E-state index < -0.39 is 0 Å². The molecule has 0 aromatic heterocycles. The van der Waals surface area contributed by atoms with E-state index in [1.54, 1.807) is 0 Å². The maximum Gasteiger partial charge on any atom is 0.253 e. The normalized spacial score (nSPS) is 18.9. The molecule has 0 saturated carbocycles. The number of carbonyl (C=O) groups is 1. The number of hydrogen-bond donors (Lipinski definition) is 1. The first kappa shape index (κ1) is 16.5. The van der Waals surface area contributed by atoms with Crippen LogP contribution in [0.25, 0.3) is 0 Å². The van der Waals surface area contributed by atoms with Crippen LogP contribution < -0.4 is 5.32 Å². The van der Waals surface area contributed by atoms with Crippen LogP contribution in [0, 0.1) is 6.92 Å². The first-order chi connectivity index (χ1) is 8.60. The van der Waals surface area contributed by atoms with Crippen molar-refractivity contribution in [1.82, 2.24) is 10.2 Å². The van der Waals surface area contributed by atoms with E-state index in [1.165, 1.54) is 0 Å². The van der Waals surface area contributed by atoms with Crippen LogP contribution in [0.4, 0.5) is 0 Å². The number of nitrogens with zero attached hydrogens (tertiary/aromatic N) is 1. The van der Waals surface area contributed by atoms with Crippen LogP contribution in [-0.2, 0) is 0 Å². The molecule has 1 aromatic carbocycles. The second-order valence-corrected chi connectivity index (χ2v) is 5.81. The van der Waals surface area contributed by atoms with Gasteiger partial charge in [-0.2, -0.15) is 0 Å². The first-order valence-corrected chi connectivity index (χ1v) is 7.13. The summed E-state index contributed by atoms with van der Waals surface area (Å²) in [6, 6.07) is 6.30. The molecule has 1 aliphatic rings. The summed E-state index contributed by atoms with van der Waals surface area (Å²) >= 11 is 3.45. The van der Waals surface area contributed by atoms with Crippen LogP contribution in [0.2, 0.25) is 0 Å². The molecule has 1 atom stereocenters. The molecular formula is C14H20BrClN2O. The van der Waals surface area contributed by atoms with Gasteiger partial charge in [0.1, 0.15) is 0 Å². The Balaban J connectivity index is 0.00000180. The van der Waals surface area contributed by atoms with E-state index in [-0.39, 0.29) is 18.3 Å². The van der Waals surface area contributed by atoms with Crippen molar-refractivity contribution < 1.29 is 4.79 Å². The van der Waals surface area contributed by atoms with Gasteiger partial charge in [0.25, 0.3) is 5.91 Å². The molecular weight excluding hydrogens is 328 g/mol. The van der Waals surface area contributed by atoms with Gasteiger partial charge in [-0.05, 0) is 50.6 Å². The standard InChI is InChI=1S/C14H19BrN2O.ClH/c1-10-6-11(8-12(15)7-10)14(18)17-5-3-4-13(9-17)16-2;/h6-8,13,16H,3-5,9H2,1-2H3;1H. The number of hydrogen-bond acceptors (Lipinski definition) is 2. The van der Waals surface area contributed by atoms with Crippen LogP contribution in [0.15, 0.2) is 22.7 Å². The fourth-order valence-electron chi connectivity index (χ4n) is 2.44. The van der Waals surface area contributed by atoms with Crippen molar-refractivity contribution in [2.45, 2.75) is 25.8 Å². The van der Waals surface area contributed by atoms with Crippen molar-refractivity contribution in [3.63, 3.8) is 0 Å². The van der Waals surface area contributed by atoms with Gasteiger partial charge in [0.05, 0.1) is 0 Å². The van der Waals surface area contributed by atoms with E-state index in [9.17, 15) is 4.79 Å². The predicted molar refractivity (Wildman–Crippen MR) is 84.1 cm³/mol. The van der Waals surface area contributed by atoms with Gasteiger partial charge in [-0.15, -0.1) is 12.4 Å². The molecule has 1 unspecified atom stereocenters. The minimum absolute atomic E-state index is 0. The number of amides is 1. The minimum atomic E-state index is 0. The fourth-order valence-corrected chi connectivity index (χ4v) is 3.05. The van der Waals surface area contributed by atoms with Crippen molar-refractivity contribution >= 4 is 34.2 Å². The van der Waals surface area contributed by atoms with E-state index in [1.807, 2.05) is 37.1 Å². The summed E-state index contributed by atoms with van der Waals surface area (Å²) in [6.07, 6.45) is 2.22. The summed E-state index contributed by atoms with van der Waals surface area (Å²) < 4.78 is 0.966. The molecule has 1 aromatic rings. The fraction of sp³-hybridized carbons (Fsp3) is 0.500. The van der Waals surface area contributed by atoms with Gasteiger partial charge >= 0.3 is 0 Å². The van der Waals surface area contributed by atoms with Crippen LogP contribution in [0.5, 0.6) is 0 Å². The molecule has 3 nitrogen and oxygen atoms in total. The lowest BCUT2D eigenvalue weighted by Gasteiger charge is -2.32. The Morgan fingerprint density at radius 1 is 1.42 bits per heavy atom. The summed E-state index contributed by atoms with van der Waals surface area (Å²) in [6.45, 7) is 3.68. The van der Waals surface area contributed by atoms with Gasteiger partial charge in [0, 0.05) is 29.2 Å². The number of carbonyl (C=O) groups excluding carboxylic acids is 1. The van der Waals surface area contributed by atoms with Crippen molar-refractivity contribution in [3.8, 4) is 0 Å². The van der Waals surface area contributed by atoms with E-state index in [4.69, 9.17) is 0 Å². The zero-order valence-corrected chi connectivity index (χ0v) is 13.7. The average Bonchev–Trinajstić information content (AvgIpc) is 2.37. The molecule has 106 valence electrons. The molecule has 2 rings (SSSR count). The van der Waals surface area contributed by atoms with E-state index in [0.717, 1.165) is 41.5 Å². The Hall–Kier alpha value is -0.580. The van der Waals surface area contributed by atoms with Gasteiger partial charge in [-0.25, -0.2) is 0 Å². The third kappa shape index (κ3) is 4.20. The predicted octanol–water partition coefficient (Wildman–Crippen LogP) is 3.00. The molecule has 1 saturated heterocycles. The second-order valence-electron chi connectivity index (χ2n) is 4.90. The number of likely N-dealkylation sites (tertiary alicyclic amines) is 1. The van der Waals surface area contributed by atoms with Crippen LogP contribution in [0.1, 0.15) is 28.8 Å². The van der Waals surface area contributed by atoms with Gasteiger partial charge in [-0.3, -0.25) is 4.79 Å². The van der Waals surface area contributed by atoms with Gasteiger partial charge in [0.15, 0.2) is 0 Å². The minimum Gasteiger partial charge on any atom is -0.337 e. The highest BCUT2D eigenvalue weighted by molar-refractivity contribution is 9.10. The Morgan fingerprint density at radius 3 is 2.79 bits per heavy atom. The van der Waals surface area contributed by atoms with Crippen LogP contribution in [0.3, 0.4) is 0 Å². The van der Waals surface area contributed by atoms with E-state index in [2.05, 4.69) is 21.2 Å². The quantitative estimate of drug-likeness (QED) is 0.892. The first-order valence-electron chi connectivity index (χ1n) is 6.34. The molecule has 5 heteroatoms. The van der Waals surface area contributed by atoms with Gasteiger partial charge in [-0.1, -0.05) is 15.9 Å². The number of aryl methyl sites for hydroxylation is 1. The lowest BCUT2D eigenvalue weighted by molar-refractivity contribution is 0.0698. The molecule has 1 fully saturated rings. The monoisotopic (exact) mass is 346 g/mol. The number of piperidine rings is 1. The molecule has 0 bridgehead atoms. The molecule has 1 amide bonds. The summed E-state index contributed by atoms with van der Waals surface area (Å²) in [7, 11) is 1.96. The van der Waals surface area contributed by atoms with Crippen molar-refractivity contribution in [1.29, 1.82) is 0 Å². The van der Waals surface area contributed by atoms with E-state index >= 15 is 0 Å². The number of rotatable bonds is 2. The third-order valence-corrected chi connectivity index (χ3v) is 3.86. The molecule has 19 heavy (non-hydrogen) atoms. The molecule has 1 aliphatic heterocycles. The molecule has 0 radical (unpaired) electrons. The highest BCUT2D eigenvalue weighted by atomic mass is 79.9. The lowest BCUT2D eigenvalue weighted by Crippen LogP contribution is -2.46.